The molecule has 0 amide bonds. The fourth-order valence-corrected chi connectivity index (χ4v) is 4.43. The van der Waals surface area contributed by atoms with Crippen molar-refractivity contribution < 1.29 is 13.9 Å². The van der Waals surface area contributed by atoms with Gasteiger partial charge in [-0.25, -0.2) is 4.98 Å². The summed E-state index contributed by atoms with van der Waals surface area (Å²) in [6, 6.07) is 3.64. The molecule has 1 N–H and O–H groups in total. The quantitative estimate of drug-likeness (QED) is 0.677. The number of carbonyl (C=O) groups excluding carboxylic acids is 1. The maximum absolute atomic E-state index is 12.6. The van der Waals surface area contributed by atoms with Crippen molar-refractivity contribution >= 4 is 27.5 Å². The molecule has 0 atom stereocenters. The molecule has 0 unspecified atom stereocenters. The predicted octanol–water partition coefficient (Wildman–Crippen LogP) is 3.02. The number of aromatic nitrogens is 2. The van der Waals surface area contributed by atoms with Crippen LogP contribution in [0.25, 0.3) is 21.5 Å². The van der Waals surface area contributed by atoms with E-state index >= 15 is 0 Å². The second-order valence-electron chi connectivity index (χ2n) is 6.62. The normalized spacial score (nSPS) is 16.0. The maximum atomic E-state index is 12.6. The van der Waals surface area contributed by atoms with Crippen LogP contribution in [0.3, 0.4) is 0 Å². The Morgan fingerprint density at radius 3 is 2.96 bits per heavy atom. The summed E-state index contributed by atoms with van der Waals surface area (Å²) in [7, 11) is 0. The highest BCUT2D eigenvalue weighted by Gasteiger charge is 2.26. The van der Waals surface area contributed by atoms with Crippen LogP contribution in [-0.4, -0.2) is 40.5 Å². The molecule has 4 rings (SSSR count). The Labute approximate surface area is 160 Å². The first kappa shape index (κ1) is 17.9. The maximum Gasteiger partial charge on any atom is 0.309 e. The highest BCUT2D eigenvalue weighted by Crippen LogP contribution is 2.31. The number of H-pyrrole nitrogens is 1. The SMILES string of the molecule is CCOC(=O)C1CCN(Cc2nc3scc(-c4ccco4)c3c(=O)[nH]2)CC1. The van der Waals surface area contributed by atoms with E-state index in [0.717, 1.165) is 31.5 Å². The Hall–Kier alpha value is -2.45. The van der Waals surface area contributed by atoms with Crippen molar-refractivity contribution in [2.24, 2.45) is 5.92 Å². The van der Waals surface area contributed by atoms with Crippen molar-refractivity contribution in [1.29, 1.82) is 0 Å². The Kier molecular flexibility index (Phi) is 5.09. The molecule has 0 radical (unpaired) electrons. The summed E-state index contributed by atoms with van der Waals surface area (Å²) in [5.41, 5.74) is 0.625. The van der Waals surface area contributed by atoms with Gasteiger partial charge in [0.2, 0.25) is 0 Å². The number of thiophene rings is 1. The molecule has 27 heavy (non-hydrogen) atoms. The highest BCUT2D eigenvalue weighted by atomic mass is 32.1. The molecule has 0 bridgehead atoms. The number of piperidine rings is 1. The van der Waals surface area contributed by atoms with Gasteiger partial charge in [-0.05, 0) is 45.0 Å². The van der Waals surface area contributed by atoms with Gasteiger partial charge in [0.1, 0.15) is 16.4 Å². The van der Waals surface area contributed by atoms with E-state index in [0.29, 0.717) is 35.0 Å². The summed E-state index contributed by atoms with van der Waals surface area (Å²) in [5, 5.41) is 2.47. The molecule has 0 saturated carbocycles. The largest absolute Gasteiger partial charge is 0.466 e. The summed E-state index contributed by atoms with van der Waals surface area (Å²) in [6.07, 6.45) is 3.13. The second-order valence-corrected chi connectivity index (χ2v) is 7.48. The molecule has 4 heterocycles. The Bertz CT molecular complexity index is 984. The molecular weight excluding hydrogens is 366 g/mol. The number of hydrogen-bond donors (Lipinski definition) is 1. The average molecular weight is 387 g/mol. The van der Waals surface area contributed by atoms with E-state index in [1.807, 2.05) is 18.4 Å². The van der Waals surface area contributed by atoms with E-state index in [1.54, 1.807) is 12.3 Å². The van der Waals surface area contributed by atoms with E-state index < -0.39 is 0 Å². The molecule has 0 aromatic carbocycles. The number of esters is 1. The Morgan fingerprint density at radius 2 is 2.26 bits per heavy atom. The highest BCUT2D eigenvalue weighted by molar-refractivity contribution is 7.17. The second kappa shape index (κ2) is 7.66. The van der Waals surface area contributed by atoms with Crippen molar-refractivity contribution in [2.45, 2.75) is 26.3 Å². The first-order valence-corrected chi connectivity index (χ1v) is 9.97. The lowest BCUT2D eigenvalue weighted by atomic mass is 9.97. The minimum atomic E-state index is -0.149. The van der Waals surface area contributed by atoms with E-state index in [4.69, 9.17) is 9.15 Å². The topological polar surface area (TPSA) is 88.4 Å². The predicted molar refractivity (Wildman–Crippen MR) is 103 cm³/mol. The molecule has 3 aromatic rings. The molecule has 142 valence electrons. The van der Waals surface area contributed by atoms with E-state index in [-0.39, 0.29) is 17.4 Å². The van der Waals surface area contributed by atoms with Gasteiger partial charge in [0, 0.05) is 10.9 Å². The third-order valence-electron chi connectivity index (χ3n) is 4.86. The Morgan fingerprint density at radius 1 is 1.44 bits per heavy atom. The van der Waals surface area contributed by atoms with Crippen molar-refractivity contribution in [3.05, 3.63) is 40.0 Å². The third-order valence-corrected chi connectivity index (χ3v) is 5.73. The summed E-state index contributed by atoms with van der Waals surface area (Å²) in [5.74, 6) is 1.19. The van der Waals surface area contributed by atoms with Gasteiger partial charge in [-0.3, -0.25) is 14.5 Å². The van der Waals surface area contributed by atoms with Crippen LogP contribution in [0, 0.1) is 5.92 Å². The number of ether oxygens (including phenoxy) is 1. The lowest BCUT2D eigenvalue weighted by Gasteiger charge is -2.30. The average Bonchev–Trinajstić information content (AvgIpc) is 3.32. The summed E-state index contributed by atoms with van der Waals surface area (Å²) in [6.45, 7) is 4.38. The van der Waals surface area contributed by atoms with Crippen molar-refractivity contribution in [1.82, 2.24) is 14.9 Å². The fraction of sp³-hybridized carbons (Fsp3) is 0.421. The molecule has 3 aromatic heterocycles. The van der Waals surface area contributed by atoms with Crippen LogP contribution < -0.4 is 5.56 Å². The van der Waals surface area contributed by atoms with Gasteiger partial charge < -0.3 is 14.1 Å². The molecule has 1 aliphatic rings. The number of carbonyl (C=O) groups is 1. The summed E-state index contributed by atoms with van der Waals surface area (Å²) in [4.78, 5) is 34.9. The minimum absolute atomic E-state index is 0.0242. The zero-order valence-electron chi connectivity index (χ0n) is 15.1. The zero-order valence-corrected chi connectivity index (χ0v) is 15.9. The van der Waals surface area contributed by atoms with E-state index in [9.17, 15) is 9.59 Å². The van der Waals surface area contributed by atoms with Crippen LogP contribution >= 0.6 is 11.3 Å². The molecule has 0 spiro atoms. The van der Waals surface area contributed by atoms with Crippen LogP contribution in [0.2, 0.25) is 0 Å². The van der Waals surface area contributed by atoms with Crippen LogP contribution in [0.1, 0.15) is 25.6 Å². The minimum Gasteiger partial charge on any atom is -0.466 e. The van der Waals surface area contributed by atoms with Crippen molar-refractivity contribution in [2.75, 3.05) is 19.7 Å². The number of furan rings is 1. The molecule has 7 nitrogen and oxygen atoms in total. The number of fused-ring (bicyclic) bond motifs is 1. The first-order valence-electron chi connectivity index (χ1n) is 9.09. The summed E-state index contributed by atoms with van der Waals surface area (Å²) < 4.78 is 10.5. The fourth-order valence-electron chi connectivity index (χ4n) is 3.48. The Balaban J connectivity index is 1.48. The number of nitrogens with zero attached hydrogens (tertiary/aromatic N) is 2. The molecule has 1 aliphatic heterocycles. The van der Waals surface area contributed by atoms with E-state index in [1.165, 1.54) is 11.3 Å². The molecule has 1 saturated heterocycles. The van der Waals surface area contributed by atoms with Gasteiger partial charge in [-0.15, -0.1) is 11.3 Å². The standard InChI is InChI=1S/C19H21N3O4S/c1-2-25-19(24)12-5-7-22(8-6-12)10-15-20-17(23)16-13(11-27-18(16)21-15)14-4-3-9-26-14/h3-4,9,11-12H,2,5-8,10H2,1H3,(H,20,21,23). The smallest absolute Gasteiger partial charge is 0.309 e. The third kappa shape index (κ3) is 3.68. The molecule has 0 aliphatic carbocycles. The van der Waals surface area contributed by atoms with Gasteiger partial charge in [-0.1, -0.05) is 0 Å². The number of hydrogen-bond acceptors (Lipinski definition) is 7. The number of aromatic amines is 1. The van der Waals surface area contributed by atoms with Crippen LogP contribution in [0.5, 0.6) is 0 Å². The summed E-state index contributed by atoms with van der Waals surface area (Å²) >= 11 is 1.44. The van der Waals surface area contributed by atoms with Gasteiger partial charge in [0.05, 0.1) is 30.7 Å². The van der Waals surface area contributed by atoms with Gasteiger partial charge in [0.15, 0.2) is 0 Å². The number of nitrogens with one attached hydrogen (secondary N) is 1. The van der Waals surface area contributed by atoms with Gasteiger partial charge >= 0.3 is 5.97 Å². The lowest BCUT2D eigenvalue weighted by Crippen LogP contribution is -2.37. The number of rotatable bonds is 5. The van der Waals surface area contributed by atoms with Crippen molar-refractivity contribution in [3.8, 4) is 11.3 Å². The lowest BCUT2D eigenvalue weighted by molar-refractivity contribution is -0.149. The van der Waals surface area contributed by atoms with Gasteiger partial charge in [-0.2, -0.15) is 0 Å². The number of likely N-dealkylation sites (tertiary alicyclic amines) is 1. The van der Waals surface area contributed by atoms with E-state index in [2.05, 4.69) is 14.9 Å². The van der Waals surface area contributed by atoms with Crippen LogP contribution in [0.4, 0.5) is 0 Å². The molecule has 1 fully saturated rings. The first-order chi connectivity index (χ1) is 13.2. The molecular formula is C19H21N3O4S. The van der Waals surface area contributed by atoms with Crippen LogP contribution in [-0.2, 0) is 16.1 Å². The van der Waals surface area contributed by atoms with Crippen molar-refractivity contribution in [3.63, 3.8) is 0 Å². The van der Waals surface area contributed by atoms with Gasteiger partial charge in [0.25, 0.3) is 5.56 Å². The van der Waals surface area contributed by atoms with Crippen LogP contribution in [0.15, 0.2) is 33.0 Å². The monoisotopic (exact) mass is 387 g/mol. The zero-order chi connectivity index (χ0) is 18.8. The molecule has 8 heteroatoms.